The van der Waals surface area contributed by atoms with Crippen LogP contribution < -0.4 is 0 Å². The molecule has 0 aliphatic rings. The van der Waals surface area contributed by atoms with Crippen LogP contribution in [0.3, 0.4) is 0 Å². The number of carbonyl (C=O) groups is 2. The quantitative estimate of drug-likeness (QED) is 0.318. The molecule has 0 spiro atoms. The van der Waals surface area contributed by atoms with Crippen LogP contribution in [0, 0.1) is 0 Å². The van der Waals surface area contributed by atoms with Gasteiger partial charge in [-0.05, 0) is 17.7 Å². The Labute approximate surface area is 160 Å². The van der Waals surface area contributed by atoms with E-state index in [4.69, 9.17) is 4.74 Å². The zero-order valence-corrected chi connectivity index (χ0v) is 15.5. The maximum Gasteiger partial charge on any atom is 0.338 e. The van der Waals surface area contributed by atoms with Crippen LogP contribution in [0.5, 0.6) is 0 Å². The molecule has 3 nitrogen and oxygen atoms in total. The molecule has 4 heteroatoms. The third kappa shape index (κ3) is 4.27. The fraction of sp³-hybridized carbons (Fsp3) is 0.0909. The van der Waals surface area contributed by atoms with E-state index in [1.165, 1.54) is 0 Å². The Kier molecular flexibility index (Phi) is 5.97. The molecule has 3 aromatic rings. The van der Waals surface area contributed by atoms with Crippen molar-refractivity contribution in [1.82, 2.24) is 0 Å². The van der Waals surface area contributed by atoms with E-state index in [0.717, 1.165) is 5.56 Å². The first-order valence-corrected chi connectivity index (χ1v) is 9.12. The summed E-state index contributed by atoms with van der Waals surface area (Å²) in [5.74, 6) is -0.777. The SMILES string of the molecule is O=C(O[C@H](C(=O)c1ccccc1)[C@H](Br)c1ccccc1)c1ccccc1. The van der Waals surface area contributed by atoms with Crippen LogP contribution in [0.1, 0.15) is 31.1 Å². The van der Waals surface area contributed by atoms with E-state index in [-0.39, 0.29) is 5.78 Å². The Bertz CT molecular complexity index is 864. The molecule has 0 aromatic heterocycles. The molecule has 3 rings (SSSR count). The Balaban J connectivity index is 1.91. The van der Waals surface area contributed by atoms with Crippen LogP contribution in [0.25, 0.3) is 0 Å². The van der Waals surface area contributed by atoms with Gasteiger partial charge in [-0.15, -0.1) is 0 Å². The lowest BCUT2D eigenvalue weighted by molar-refractivity contribution is 0.0282. The number of benzene rings is 3. The molecule has 0 heterocycles. The topological polar surface area (TPSA) is 43.4 Å². The summed E-state index contributed by atoms with van der Waals surface area (Å²) in [5, 5.41) is 0. The highest BCUT2D eigenvalue weighted by atomic mass is 79.9. The van der Waals surface area contributed by atoms with E-state index in [1.807, 2.05) is 42.5 Å². The van der Waals surface area contributed by atoms with Crippen LogP contribution in [0.4, 0.5) is 0 Å². The van der Waals surface area contributed by atoms with Gasteiger partial charge in [0.25, 0.3) is 0 Å². The number of alkyl halides is 1. The first kappa shape index (κ1) is 18.1. The molecule has 0 aliphatic heterocycles. The molecule has 130 valence electrons. The Morgan fingerprint density at radius 2 is 1.15 bits per heavy atom. The van der Waals surface area contributed by atoms with Gasteiger partial charge in [-0.3, -0.25) is 4.79 Å². The molecule has 0 aliphatic carbocycles. The van der Waals surface area contributed by atoms with Gasteiger partial charge in [0, 0.05) is 5.56 Å². The van der Waals surface area contributed by atoms with Gasteiger partial charge in [0.05, 0.1) is 10.4 Å². The van der Waals surface area contributed by atoms with E-state index in [9.17, 15) is 9.59 Å². The highest BCUT2D eigenvalue weighted by Gasteiger charge is 2.32. The molecule has 0 saturated heterocycles. The average molecular weight is 409 g/mol. The van der Waals surface area contributed by atoms with Gasteiger partial charge in [-0.2, -0.15) is 0 Å². The lowest BCUT2D eigenvalue weighted by atomic mass is 9.99. The number of Topliss-reactive ketones (excluding diaryl/α,β-unsaturated/α-hetero) is 1. The van der Waals surface area contributed by atoms with Crippen LogP contribution in [0.15, 0.2) is 91.0 Å². The van der Waals surface area contributed by atoms with Crippen molar-refractivity contribution in [2.75, 3.05) is 0 Å². The maximum absolute atomic E-state index is 13.0. The van der Waals surface area contributed by atoms with Crippen molar-refractivity contribution in [3.63, 3.8) is 0 Å². The Morgan fingerprint density at radius 1 is 0.692 bits per heavy atom. The van der Waals surface area contributed by atoms with Crippen molar-refractivity contribution in [3.05, 3.63) is 108 Å². The van der Waals surface area contributed by atoms with Gasteiger partial charge < -0.3 is 4.74 Å². The van der Waals surface area contributed by atoms with Crippen LogP contribution in [0.2, 0.25) is 0 Å². The van der Waals surface area contributed by atoms with Gasteiger partial charge in [-0.25, -0.2) is 4.79 Å². The molecule has 0 N–H and O–H groups in total. The molecule has 0 saturated carbocycles. The molecular formula is C22H17BrO3. The number of esters is 1. The van der Waals surface area contributed by atoms with Crippen molar-refractivity contribution in [3.8, 4) is 0 Å². The smallest absolute Gasteiger partial charge is 0.338 e. The number of ether oxygens (including phenoxy) is 1. The molecule has 2 atom stereocenters. The molecule has 0 unspecified atom stereocenters. The number of ketones is 1. The van der Waals surface area contributed by atoms with E-state index >= 15 is 0 Å². The van der Waals surface area contributed by atoms with Crippen molar-refractivity contribution in [2.24, 2.45) is 0 Å². The fourth-order valence-electron chi connectivity index (χ4n) is 2.58. The summed E-state index contributed by atoms with van der Waals surface area (Å²) in [6, 6.07) is 27.0. The second-order valence-electron chi connectivity index (χ2n) is 5.73. The second-order valence-corrected chi connectivity index (χ2v) is 6.72. The van der Waals surface area contributed by atoms with Crippen LogP contribution >= 0.6 is 15.9 Å². The monoisotopic (exact) mass is 408 g/mol. The van der Waals surface area contributed by atoms with Crippen molar-refractivity contribution >= 4 is 27.7 Å². The van der Waals surface area contributed by atoms with E-state index in [1.54, 1.807) is 48.5 Å². The van der Waals surface area contributed by atoms with Crippen LogP contribution in [-0.2, 0) is 4.74 Å². The summed E-state index contributed by atoms with van der Waals surface area (Å²) in [6.07, 6.45) is -0.979. The first-order valence-electron chi connectivity index (χ1n) is 8.21. The van der Waals surface area contributed by atoms with Gasteiger partial charge in [0.15, 0.2) is 6.10 Å². The second kappa shape index (κ2) is 8.59. The Hall–Kier alpha value is -2.72. The van der Waals surface area contributed by atoms with Crippen molar-refractivity contribution in [2.45, 2.75) is 10.9 Å². The van der Waals surface area contributed by atoms with Crippen LogP contribution in [-0.4, -0.2) is 17.9 Å². The summed E-state index contributed by atoms with van der Waals surface area (Å²) in [4.78, 5) is 25.1. The summed E-state index contributed by atoms with van der Waals surface area (Å²) in [6.45, 7) is 0. The molecule has 26 heavy (non-hydrogen) atoms. The minimum absolute atomic E-state index is 0.249. The van der Waals surface area contributed by atoms with E-state index in [0.29, 0.717) is 11.1 Å². The average Bonchev–Trinajstić information content (AvgIpc) is 2.73. The number of carbonyl (C=O) groups excluding carboxylic acids is 2. The molecule has 0 bridgehead atoms. The van der Waals surface area contributed by atoms with E-state index in [2.05, 4.69) is 15.9 Å². The van der Waals surface area contributed by atoms with Crippen molar-refractivity contribution in [1.29, 1.82) is 0 Å². The maximum atomic E-state index is 13.0. The largest absolute Gasteiger partial charge is 0.449 e. The predicted octanol–water partition coefficient (Wildman–Crippen LogP) is 5.23. The lowest BCUT2D eigenvalue weighted by Gasteiger charge is -2.22. The fourth-order valence-corrected chi connectivity index (χ4v) is 3.24. The Morgan fingerprint density at radius 3 is 1.69 bits per heavy atom. The zero-order valence-electron chi connectivity index (χ0n) is 13.9. The third-order valence-corrected chi connectivity index (χ3v) is 4.95. The summed E-state index contributed by atoms with van der Waals surface area (Å²) < 4.78 is 5.63. The highest BCUT2D eigenvalue weighted by Crippen LogP contribution is 2.31. The predicted molar refractivity (Wildman–Crippen MR) is 105 cm³/mol. The standard InChI is InChI=1S/C22H17BrO3/c23-19(16-10-4-1-5-11-16)21(20(24)17-12-6-2-7-13-17)26-22(25)18-14-8-3-9-15-18/h1-15,19,21H/t19-,21+/m1/s1. The van der Waals surface area contributed by atoms with Gasteiger partial charge in [-0.1, -0.05) is 94.8 Å². The molecular weight excluding hydrogens is 392 g/mol. The number of rotatable bonds is 6. The van der Waals surface area contributed by atoms with E-state index < -0.39 is 16.9 Å². The van der Waals surface area contributed by atoms with Crippen molar-refractivity contribution < 1.29 is 14.3 Å². The van der Waals surface area contributed by atoms with Gasteiger partial charge >= 0.3 is 5.97 Å². The van der Waals surface area contributed by atoms with Gasteiger partial charge in [0.2, 0.25) is 5.78 Å². The van der Waals surface area contributed by atoms with Gasteiger partial charge in [0.1, 0.15) is 0 Å². The minimum atomic E-state index is -0.979. The minimum Gasteiger partial charge on any atom is -0.449 e. The normalized spacial score (nSPS) is 12.8. The molecule has 0 radical (unpaired) electrons. The lowest BCUT2D eigenvalue weighted by Crippen LogP contribution is -2.31. The number of halogens is 1. The highest BCUT2D eigenvalue weighted by molar-refractivity contribution is 9.09. The summed E-state index contributed by atoms with van der Waals surface area (Å²) in [5.41, 5.74) is 1.77. The third-order valence-electron chi connectivity index (χ3n) is 3.94. The first-order chi connectivity index (χ1) is 12.7. The zero-order chi connectivity index (χ0) is 18.4. The molecule has 3 aromatic carbocycles. The summed E-state index contributed by atoms with van der Waals surface area (Å²) >= 11 is 3.55. The number of hydrogen-bond acceptors (Lipinski definition) is 3. The summed E-state index contributed by atoms with van der Waals surface area (Å²) in [7, 11) is 0. The number of hydrogen-bond donors (Lipinski definition) is 0. The molecule has 0 fully saturated rings. The molecule has 0 amide bonds.